The number of hydrogen-bond acceptors (Lipinski definition) is 6. The fourth-order valence-electron chi connectivity index (χ4n) is 2.82. The van der Waals surface area contributed by atoms with Crippen LogP contribution in [0.3, 0.4) is 0 Å². The average molecular weight is 332 g/mol. The Morgan fingerprint density at radius 2 is 1.87 bits per heavy atom. The molecule has 6 N–H and O–H groups in total. The van der Waals surface area contributed by atoms with E-state index in [9.17, 15) is 4.79 Å². The first-order valence-electron chi connectivity index (χ1n) is 7.41. The summed E-state index contributed by atoms with van der Waals surface area (Å²) in [6, 6.07) is 9.86. The lowest BCUT2D eigenvalue weighted by molar-refractivity contribution is -0.133. The highest BCUT2D eigenvalue weighted by Gasteiger charge is 2.24. The van der Waals surface area contributed by atoms with Crippen molar-refractivity contribution >= 4 is 17.7 Å². The van der Waals surface area contributed by atoms with Gasteiger partial charge in [0.1, 0.15) is 0 Å². The van der Waals surface area contributed by atoms with Gasteiger partial charge in [-0.3, -0.25) is 5.84 Å². The van der Waals surface area contributed by atoms with Crippen molar-refractivity contribution in [1.82, 2.24) is 5.43 Å². The molecule has 1 fully saturated rings. The van der Waals surface area contributed by atoms with Crippen LogP contribution in [0.25, 0.3) is 0 Å². The van der Waals surface area contributed by atoms with Crippen molar-refractivity contribution in [3.63, 3.8) is 0 Å². The van der Waals surface area contributed by atoms with E-state index < -0.39 is 5.97 Å². The summed E-state index contributed by atoms with van der Waals surface area (Å²) in [4.78, 5) is 11.0. The molecule has 0 unspecified atom stereocenters. The second kappa shape index (κ2) is 7.90. The van der Waals surface area contributed by atoms with Gasteiger partial charge < -0.3 is 16.3 Å². The fraction of sp³-hybridized carbons (Fsp3) is 0.375. The molecule has 23 heavy (non-hydrogen) atoms. The second-order valence-electron chi connectivity index (χ2n) is 5.51. The minimum absolute atomic E-state index is 0.149. The van der Waals surface area contributed by atoms with Crippen LogP contribution in [0.1, 0.15) is 42.7 Å². The maximum Gasteiger partial charge on any atom is 0.356 e. The molecule has 0 heterocycles. The van der Waals surface area contributed by atoms with Gasteiger partial charge in [0.2, 0.25) is 0 Å². The third-order valence-electron chi connectivity index (χ3n) is 4.08. The highest BCUT2D eigenvalue weighted by Crippen LogP contribution is 2.39. The number of aliphatic carboxylic acids is 1. The minimum Gasteiger partial charge on any atom is -0.476 e. The van der Waals surface area contributed by atoms with Crippen LogP contribution in [0, 0.1) is 11.3 Å². The SMILES string of the molecule is N#Cc1ccc(C2CCC(S/C(N)=C(/NN)C(=O)O)CC2)cc1. The predicted molar refractivity (Wildman–Crippen MR) is 89.9 cm³/mol. The van der Waals surface area contributed by atoms with Crippen LogP contribution in [-0.4, -0.2) is 16.3 Å². The van der Waals surface area contributed by atoms with Gasteiger partial charge in [-0.2, -0.15) is 5.26 Å². The fourth-order valence-corrected chi connectivity index (χ4v) is 3.95. The van der Waals surface area contributed by atoms with E-state index in [0.29, 0.717) is 16.7 Å². The molecule has 0 aliphatic heterocycles. The van der Waals surface area contributed by atoms with Crippen LogP contribution < -0.4 is 17.0 Å². The number of benzene rings is 1. The van der Waals surface area contributed by atoms with Crippen molar-refractivity contribution in [2.24, 2.45) is 11.6 Å². The van der Waals surface area contributed by atoms with Crippen LogP contribution in [0.4, 0.5) is 0 Å². The lowest BCUT2D eigenvalue weighted by atomic mass is 9.83. The van der Waals surface area contributed by atoms with Crippen LogP contribution in [-0.2, 0) is 4.79 Å². The molecule has 0 spiro atoms. The molecular formula is C16H20N4O2S. The van der Waals surface area contributed by atoms with Crippen molar-refractivity contribution in [3.05, 3.63) is 46.1 Å². The number of nitrogens with zero attached hydrogens (tertiary/aromatic N) is 1. The third-order valence-corrected chi connectivity index (χ3v) is 5.35. The second-order valence-corrected chi connectivity index (χ2v) is 6.86. The number of carboxylic acid groups (broad SMARTS) is 1. The van der Waals surface area contributed by atoms with Gasteiger partial charge in [-0.15, -0.1) is 11.8 Å². The molecule has 6 nitrogen and oxygen atoms in total. The number of nitrogens with one attached hydrogen (secondary N) is 1. The quantitative estimate of drug-likeness (QED) is 0.369. The monoisotopic (exact) mass is 332 g/mol. The molecule has 1 aromatic rings. The molecule has 0 radical (unpaired) electrons. The van der Waals surface area contributed by atoms with Crippen molar-refractivity contribution < 1.29 is 9.90 Å². The number of thioether (sulfide) groups is 1. The Kier molecular flexibility index (Phi) is 5.90. The molecule has 0 amide bonds. The maximum absolute atomic E-state index is 11.0. The van der Waals surface area contributed by atoms with Gasteiger partial charge >= 0.3 is 5.97 Å². The van der Waals surface area contributed by atoms with Gasteiger partial charge in [0.15, 0.2) is 5.70 Å². The standard InChI is InChI=1S/C16H20N4O2S/c17-9-10-1-3-11(4-2-10)12-5-7-13(8-6-12)23-15(18)14(20-19)16(21)22/h1-4,12-13,20H,5-8,18-19H2,(H,21,22)/b15-14+. The summed E-state index contributed by atoms with van der Waals surface area (Å²) in [6.07, 6.45) is 3.98. The summed E-state index contributed by atoms with van der Waals surface area (Å²) < 4.78 is 0. The first-order chi connectivity index (χ1) is 11.0. The van der Waals surface area contributed by atoms with E-state index >= 15 is 0 Å². The van der Waals surface area contributed by atoms with Crippen molar-refractivity contribution in [1.29, 1.82) is 5.26 Å². The van der Waals surface area contributed by atoms with Gasteiger partial charge in [0, 0.05) is 5.25 Å². The van der Waals surface area contributed by atoms with Gasteiger partial charge in [0.25, 0.3) is 0 Å². The van der Waals surface area contributed by atoms with E-state index in [0.717, 1.165) is 25.7 Å². The summed E-state index contributed by atoms with van der Waals surface area (Å²) in [7, 11) is 0. The molecule has 1 aromatic carbocycles. The first-order valence-corrected chi connectivity index (χ1v) is 8.29. The summed E-state index contributed by atoms with van der Waals surface area (Å²) >= 11 is 1.38. The maximum atomic E-state index is 11.0. The van der Waals surface area contributed by atoms with Crippen LogP contribution >= 0.6 is 11.8 Å². The molecule has 0 aromatic heterocycles. The Morgan fingerprint density at radius 3 is 2.35 bits per heavy atom. The predicted octanol–water partition coefficient (Wildman–Crippen LogP) is 1.99. The number of nitriles is 1. The van der Waals surface area contributed by atoms with Gasteiger partial charge in [-0.25, -0.2) is 4.79 Å². The van der Waals surface area contributed by atoms with Crippen molar-refractivity contribution in [2.75, 3.05) is 0 Å². The lowest BCUT2D eigenvalue weighted by Gasteiger charge is -2.28. The number of hydrazine groups is 1. The van der Waals surface area contributed by atoms with Crippen molar-refractivity contribution in [3.8, 4) is 6.07 Å². The summed E-state index contributed by atoms with van der Waals surface area (Å²) in [5, 5.41) is 18.3. The smallest absolute Gasteiger partial charge is 0.356 e. The molecule has 0 bridgehead atoms. The zero-order valence-corrected chi connectivity index (χ0v) is 13.5. The summed E-state index contributed by atoms with van der Waals surface area (Å²) in [5.41, 5.74) is 9.75. The normalized spacial score (nSPS) is 21.9. The van der Waals surface area contributed by atoms with E-state index in [4.69, 9.17) is 21.9 Å². The summed E-state index contributed by atoms with van der Waals surface area (Å²) in [6.45, 7) is 0. The highest BCUT2D eigenvalue weighted by atomic mass is 32.2. The molecule has 0 atom stereocenters. The van der Waals surface area contributed by atoms with Gasteiger partial charge in [-0.05, 0) is 49.3 Å². The zero-order chi connectivity index (χ0) is 16.8. The molecule has 1 aliphatic rings. The van der Waals surface area contributed by atoms with Crippen LogP contribution in [0.5, 0.6) is 0 Å². The van der Waals surface area contributed by atoms with E-state index in [-0.39, 0.29) is 10.7 Å². The molecule has 1 saturated carbocycles. The molecule has 7 heteroatoms. The Labute approximate surface area is 139 Å². The van der Waals surface area contributed by atoms with E-state index in [1.165, 1.54) is 17.3 Å². The van der Waals surface area contributed by atoms with Crippen LogP contribution in [0.2, 0.25) is 0 Å². The number of rotatable bonds is 5. The molecule has 2 rings (SSSR count). The van der Waals surface area contributed by atoms with E-state index in [2.05, 4.69) is 11.5 Å². The Morgan fingerprint density at radius 1 is 1.26 bits per heavy atom. The van der Waals surface area contributed by atoms with E-state index in [1.54, 1.807) is 0 Å². The number of carboxylic acids is 1. The largest absolute Gasteiger partial charge is 0.476 e. The zero-order valence-electron chi connectivity index (χ0n) is 12.7. The van der Waals surface area contributed by atoms with E-state index in [1.807, 2.05) is 24.3 Å². The number of hydrogen-bond donors (Lipinski definition) is 4. The molecular weight excluding hydrogens is 312 g/mol. The molecule has 1 aliphatic carbocycles. The minimum atomic E-state index is -1.15. The lowest BCUT2D eigenvalue weighted by Crippen LogP contribution is -2.30. The number of nitrogens with two attached hydrogens (primary N) is 2. The van der Waals surface area contributed by atoms with Crippen molar-refractivity contribution in [2.45, 2.75) is 36.9 Å². The van der Waals surface area contributed by atoms with Crippen LogP contribution in [0.15, 0.2) is 35.0 Å². The molecule has 0 saturated heterocycles. The Hall–Kier alpha value is -2.17. The topological polar surface area (TPSA) is 125 Å². The Bertz CT molecular complexity index is 628. The highest BCUT2D eigenvalue weighted by molar-refractivity contribution is 8.03. The number of carbonyl (C=O) groups is 1. The van der Waals surface area contributed by atoms with Gasteiger partial charge in [-0.1, -0.05) is 12.1 Å². The molecule has 122 valence electrons. The van der Waals surface area contributed by atoms with Gasteiger partial charge in [0.05, 0.1) is 16.7 Å². The summed E-state index contributed by atoms with van der Waals surface area (Å²) in [5.74, 6) is 4.53. The first kappa shape index (κ1) is 17.2. The Balaban J connectivity index is 1.93. The average Bonchev–Trinajstić information content (AvgIpc) is 2.56. The third kappa shape index (κ3) is 4.41.